The molecule has 2 aromatic carbocycles. The van der Waals surface area contributed by atoms with Gasteiger partial charge in [-0.3, -0.25) is 14.9 Å². The number of nitrogens with two attached hydrogens (primary N) is 1. The van der Waals surface area contributed by atoms with Crippen molar-refractivity contribution in [3.8, 4) is 22.1 Å². The molecular weight excluding hydrogens is 454 g/mol. The van der Waals surface area contributed by atoms with E-state index in [1.165, 1.54) is 11.3 Å². The van der Waals surface area contributed by atoms with E-state index in [0.29, 0.717) is 41.0 Å². The molecule has 9 nitrogen and oxygen atoms in total. The van der Waals surface area contributed by atoms with E-state index in [2.05, 4.69) is 20.8 Å². The molecule has 3 aromatic rings. The van der Waals surface area contributed by atoms with Crippen molar-refractivity contribution >= 4 is 28.3 Å². The predicted octanol–water partition coefficient (Wildman–Crippen LogP) is 3.12. The highest BCUT2D eigenvalue weighted by molar-refractivity contribution is 7.18. The first-order chi connectivity index (χ1) is 16.6. The Bertz CT molecular complexity index is 1120. The monoisotopic (exact) mass is 481 g/mol. The highest BCUT2D eigenvalue weighted by Crippen LogP contribution is 2.37. The molecule has 0 saturated carbocycles. The number of carbonyl (C=O) groups excluding carboxylic acids is 2. The molecule has 1 aromatic heterocycles. The summed E-state index contributed by atoms with van der Waals surface area (Å²) in [5.41, 5.74) is 7.27. The van der Waals surface area contributed by atoms with Crippen LogP contribution >= 0.6 is 11.3 Å². The molecule has 0 bridgehead atoms. The maximum Gasteiger partial charge on any atom is 0.249 e. The van der Waals surface area contributed by atoms with Crippen LogP contribution in [0.1, 0.15) is 31.2 Å². The number of aromatic nitrogens is 2. The SMILES string of the molecule is NCCCCCC(=O)NC(Cc1ccccc1)C(=O)Nc1nnc(-c2ccc3c(c2)OCO3)s1. The number of ether oxygens (including phenoxy) is 2. The van der Waals surface area contributed by atoms with Crippen molar-refractivity contribution in [1.82, 2.24) is 15.5 Å². The summed E-state index contributed by atoms with van der Waals surface area (Å²) in [6.07, 6.45) is 3.22. The molecule has 178 valence electrons. The number of anilines is 1. The van der Waals surface area contributed by atoms with Gasteiger partial charge in [0.15, 0.2) is 11.5 Å². The second-order valence-electron chi connectivity index (χ2n) is 7.88. The van der Waals surface area contributed by atoms with Crippen LogP contribution in [0, 0.1) is 0 Å². The maximum atomic E-state index is 13.1. The van der Waals surface area contributed by atoms with Crippen LogP contribution in [0.3, 0.4) is 0 Å². The number of carbonyl (C=O) groups is 2. The zero-order valence-electron chi connectivity index (χ0n) is 18.7. The quantitative estimate of drug-likeness (QED) is 0.359. The van der Waals surface area contributed by atoms with Crippen molar-refractivity contribution in [2.24, 2.45) is 5.73 Å². The van der Waals surface area contributed by atoms with Gasteiger partial charge < -0.3 is 20.5 Å². The van der Waals surface area contributed by atoms with Crippen molar-refractivity contribution in [2.45, 2.75) is 38.1 Å². The Morgan fingerprint density at radius 1 is 1.03 bits per heavy atom. The summed E-state index contributed by atoms with van der Waals surface area (Å²) in [6, 6.07) is 14.3. The number of fused-ring (bicyclic) bond motifs is 1. The summed E-state index contributed by atoms with van der Waals surface area (Å²) in [4.78, 5) is 25.6. The van der Waals surface area contributed by atoms with Gasteiger partial charge in [-0.25, -0.2) is 0 Å². The van der Waals surface area contributed by atoms with Crippen LogP contribution < -0.4 is 25.8 Å². The van der Waals surface area contributed by atoms with Gasteiger partial charge in [-0.05, 0) is 43.1 Å². The molecule has 2 amide bonds. The van der Waals surface area contributed by atoms with E-state index < -0.39 is 6.04 Å². The lowest BCUT2D eigenvalue weighted by Crippen LogP contribution is -2.45. The van der Waals surface area contributed by atoms with Gasteiger partial charge in [-0.2, -0.15) is 0 Å². The van der Waals surface area contributed by atoms with Gasteiger partial charge in [-0.15, -0.1) is 10.2 Å². The first-order valence-electron chi connectivity index (χ1n) is 11.2. The van der Waals surface area contributed by atoms with Gasteiger partial charge in [0.2, 0.25) is 23.7 Å². The summed E-state index contributed by atoms with van der Waals surface area (Å²) in [6.45, 7) is 0.800. The third kappa shape index (κ3) is 6.30. The third-order valence-corrected chi connectivity index (χ3v) is 6.20. The Balaban J connectivity index is 1.42. The molecule has 4 rings (SSSR count). The van der Waals surface area contributed by atoms with E-state index in [4.69, 9.17) is 15.2 Å². The Labute approximate surface area is 201 Å². The van der Waals surface area contributed by atoms with Crippen LogP contribution in [0.25, 0.3) is 10.6 Å². The molecule has 1 atom stereocenters. The summed E-state index contributed by atoms with van der Waals surface area (Å²) in [5, 5.41) is 15.0. The molecule has 4 N–H and O–H groups in total. The number of nitrogens with one attached hydrogen (secondary N) is 2. The summed E-state index contributed by atoms with van der Waals surface area (Å²) in [5.74, 6) is 0.832. The van der Waals surface area contributed by atoms with E-state index in [9.17, 15) is 9.59 Å². The van der Waals surface area contributed by atoms with E-state index in [-0.39, 0.29) is 18.6 Å². The zero-order valence-corrected chi connectivity index (χ0v) is 19.5. The van der Waals surface area contributed by atoms with Crippen molar-refractivity contribution in [3.05, 3.63) is 54.1 Å². The number of rotatable bonds is 11. The van der Waals surface area contributed by atoms with Crippen LogP contribution in [0.5, 0.6) is 11.5 Å². The second kappa shape index (κ2) is 11.6. The minimum absolute atomic E-state index is 0.161. The molecule has 2 heterocycles. The van der Waals surface area contributed by atoms with Gasteiger partial charge in [0.1, 0.15) is 11.0 Å². The van der Waals surface area contributed by atoms with E-state index in [0.717, 1.165) is 30.4 Å². The average Bonchev–Trinajstić information content (AvgIpc) is 3.51. The lowest BCUT2D eigenvalue weighted by molar-refractivity contribution is -0.126. The van der Waals surface area contributed by atoms with Crippen LogP contribution in [0.2, 0.25) is 0 Å². The first-order valence-corrected chi connectivity index (χ1v) is 12.0. The fraction of sp³-hybridized carbons (Fsp3) is 0.333. The minimum atomic E-state index is -0.734. The van der Waals surface area contributed by atoms with E-state index in [1.807, 2.05) is 48.5 Å². The standard InChI is InChI=1S/C24H27N5O4S/c25-12-6-2-5-9-21(30)26-18(13-16-7-3-1-4-8-16)22(31)27-24-29-28-23(34-24)17-10-11-19-20(14-17)33-15-32-19/h1,3-4,7-8,10-11,14,18H,2,5-6,9,12-13,15,25H2,(H,26,30)(H,27,29,31). The fourth-order valence-corrected chi connectivity index (χ4v) is 4.29. The fourth-order valence-electron chi connectivity index (χ4n) is 3.54. The maximum absolute atomic E-state index is 13.1. The van der Waals surface area contributed by atoms with Crippen molar-refractivity contribution in [2.75, 3.05) is 18.7 Å². The average molecular weight is 482 g/mol. The van der Waals surface area contributed by atoms with Gasteiger partial charge in [-0.1, -0.05) is 48.1 Å². The first kappa shape index (κ1) is 23.7. The summed E-state index contributed by atoms with van der Waals surface area (Å²) >= 11 is 1.25. The molecule has 10 heteroatoms. The Morgan fingerprint density at radius 2 is 1.85 bits per heavy atom. The van der Waals surface area contributed by atoms with Gasteiger partial charge in [0.05, 0.1) is 0 Å². The summed E-state index contributed by atoms with van der Waals surface area (Å²) < 4.78 is 10.8. The van der Waals surface area contributed by atoms with Crippen molar-refractivity contribution in [3.63, 3.8) is 0 Å². The van der Waals surface area contributed by atoms with Gasteiger partial charge in [0.25, 0.3) is 0 Å². The zero-order chi connectivity index (χ0) is 23.8. The Morgan fingerprint density at radius 3 is 2.68 bits per heavy atom. The minimum Gasteiger partial charge on any atom is -0.454 e. The molecule has 0 saturated heterocycles. The largest absolute Gasteiger partial charge is 0.454 e. The predicted molar refractivity (Wildman–Crippen MR) is 130 cm³/mol. The summed E-state index contributed by atoms with van der Waals surface area (Å²) in [7, 11) is 0. The molecule has 0 fully saturated rings. The van der Waals surface area contributed by atoms with Crippen molar-refractivity contribution < 1.29 is 19.1 Å². The van der Waals surface area contributed by atoms with Crippen molar-refractivity contribution in [1.29, 1.82) is 0 Å². The highest BCUT2D eigenvalue weighted by atomic mass is 32.1. The number of hydrogen-bond acceptors (Lipinski definition) is 8. The molecule has 0 radical (unpaired) electrons. The number of benzene rings is 2. The smallest absolute Gasteiger partial charge is 0.249 e. The molecule has 1 unspecified atom stereocenters. The molecule has 1 aliphatic rings. The molecule has 34 heavy (non-hydrogen) atoms. The number of hydrogen-bond donors (Lipinski definition) is 3. The Hall–Kier alpha value is -3.50. The van der Waals surface area contributed by atoms with Crippen LogP contribution in [-0.4, -0.2) is 41.4 Å². The normalized spacial score (nSPS) is 12.9. The highest BCUT2D eigenvalue weighted by Gasteiger charge is 2.23. The van der Waals surface area contributed by atoms with Gasteiger partial charge in [0, 0.05) is 18.4 Å². The molecule has 0 spiro atoms. The number of amides is 2. The molecule has 1 aliphatic heterocycles. The molecule has 0 aliphatic carbocycles. The van der Waals surface area contributed by atoms with Crippen LogP contribution in [0.15, 0.2) is 48.5 Å². The second-order valence-corrected chi connectivity index (χ2v) is 8.86. The van der Waals surface area contributed by atoms with Crippen LogP contribution in [0.4, 0.5) is 5.13 Å². The number of unbranched alkanes of at least 4 members (excludes halogenated alkanes) is 2. The van der Waals surface area contributed by atoms with Gasteiger partial charge >= 0.3 is 0 Å². The van der Waals surface area contributed by atoms with E-state index >= 15 is 0 Å². The third-order valence-electron chi connectivity index (χ3n) is 5.32. The molecular formula is C24H27N5O4S. The number of nitrogens with zero attached hydrogens (tertiary/aromatic N) is 2. The van der Waals surface area contributed by atoms with E-state index in [1.54, 1.807) is 0 Å². The lowest BCUT2D eigenvalue weighted by atomic mass is 10.0. The Kier molecular flexibility index (Phi) is 8.05. The topological polar surface area (TPSA) is 128 Å². The van der Waals surface area contributed by atoms with Crippen LogP contribution in [-0.2, 0) is 16.0 Å². The lowest BCUT2D eigenvalue weighted by Gasteiger charge is -2.18.